The van der Waals surface area contributed by atoms with Gasteiger partial charge in [0.2, 0.25) is 0 Å². The third-order valence-corrected chi connectivity index (χ3v) is 2.91. The van der Waals surface area contributed by atoms with Gasteiger partial charge in [0.1, 0.15) is 6.10 Å². The Kier molecular flexibility index (Phi) is 3.86. The molecule has 0 unspecified atom stereocenters. The monoisotopic (exact) mass is 286 g/mol. The van der Waals surface area contributed by atoms with E-state index in [1.165, 1.54) is 0 Å². The first kappa shape index (κ1) is 14.2. The normalized spacial score (nSPS) is 29.1. The molecule has 1 saturated heterocycles. The van der Waals surface area contributed by atoms with E-state index in [1.807, 2.05) is 0 Å². The lowest BCUT2D eigenvalue weighted by atomic mass is 10.1. The number of ether oxygens (including phenoxy) is 1. The first-order valence-corrected chi connectivity index (χ1v) is 5.52. The molecule has 0 bridgehead atoms. The first-order valence-electron chi connectivity index (χ1n) is 5.52. The minimum Gasteiger partial charge on any atom is -0.394 e. The minimum atomic E-state index is -1.44. The summed E-state index contributed by atoms with van der Waals surface area (Å²) < 4.78 is 19.2. The van der Waals surface area contributed by atoms with Gasteiger partial charge in [0, 0.05) is 4.91 Å². The second kappa shape index (κ2) is 5.43. The maximum atomic E-state index is 13.3. The SMILES string of the molecule is [N-]=[N+]=N[C@@H]1[C@H](O)[C@@H](n2cc(F)c(N)nc2=O)O[C@H]1CO. The molecule has 11 heteroatoms. The molecule has 0 amide bonds. The van der Waals surface area contributed by atoms with Gasteiger partial charge in [0.15, 0.2) is 17.9 Å². The van der Waals surface area contributed by atoms with Crippen LogP contribution in [0.3, 0.4) is 0 Å². The zero-order chi connectivity index (χ0) is 14.9. The summed E-state index contributed by atoms with van der Waals surface area (Å²) in [6.45, 7) is -0.545. The molecule has 1 aromatic rings. The fraction of sp³-hybridized carbons (Fsp3) is 0.556. The van der Waals surface area contributed by atoms with Crippen molar-refractivity contribution in [2.75, 3.05) is 12.3 Å². The van der Waals surface area contributed by atoms with E-state index >= 15 is 0 Å². The smallest absolute Gasteiger partial charge is 0.351 e. The molecule has 10 nitrogen and oxygen atoms in total. The number of nitrogens with zero attached hydrogens (tertiary/aromatic N) is 5. The Balaban J connectivity index is 2.41. The van der Waals surface area contributed by atoms with Gasteiger partial charge in [-0.05, 0) is 5.53 Å². The largest absolute Gasteiger partial charge is 0.394 e. The summed E-state index contributed by atoms with van der Waals surface area (Å²) in [5.41, 5.74) is 12.6. The lowest BCUT2D eigenvalue weighted by molar-refractivity contribution is -0.0535. The summed E-state index contributed by atoms with van der Waals surface area (Å²) in [6, 6.07) is -1.11. The lowest BCUT2D eigenvalue weighted by Crippen LogP contribution is -2.35. The molecule has 0 radical (unpaired) electrons. The van der Waals surface area contributed by atoms with Crippen molar-refractivity contribution in [1.82, 2.24) is 9.55 Å². The van der Waals surface area contributed by atoms with Crippen LogP contribution in [0.1, 0.15) is 6.23 Å². The summed E-state index contributed by atoms with van der Waals surface area (Å²) in [6.07, 6.45) is -3.06. The van der Waals surface area contributed by atoms with E-state index in [-0.39, 0.29) is 0 Å². The maximum Gasteiger partial charge on any atom is 0.351 e. The van der Waals surface area contributed by atoms with E-state index < -0.39 is 48.4 Å². The Bertz CT molecular complexity index is 615. The molecule has 4 atom stereocenters. The van der Waals surface area contributed by atoms with Gasteiger partial charge < -0.3 is 20.7 Å². The number of anilines is 1. The van der Waals surface area contributed by atoms with Gasteiger partial charge in [0.25, 0.3) is 0 Å². The van der Waals surface area contributed by atoms with E-state index in [1.54, 1.807) is 0 Å². The third kappa shape index (κ3) is 2.30. The van der Waals surface area contributed by atoms with Crippen molar-refractivity contribution >= 4 is 5.82 Å². The molecule has 0 aliphatic carbocycles. The van der Waals surface area contributed by atoms with Crippen LogP contribution in [0.4, 0.5) is 10.2 Å². The predicted molar refractivity (Wildman–Crippen MR) is 62.8 cm³/mol. The predicted octanol–water partition coefficient (Wildman–Crippen LogP) is -1.11. The Morgan fingerprint density at radius 1 is 1.70 bits per heavy atom. The van der Waals surface area contributed by atoms with Crippen LogP contribution >= 0.6 is 0 Å². The van der Waals surface area contributed by atoms with Crippen LogP contribution in [-0.2, 0) is 4.74 Å². The van der Waals surface area contributed by atoms with E-state index in [2.05, 4.69) is 15.0 Å². The van der Waals surface area contributed by atoms with Crippen LogP contribution in [0.2, 0.25) is 0 Å². The number of aromatic nitrogens is 2. The second-order valence-electron chi connectivity index (χ2n) is 4.10. The van der Waals surface area contributed by atoms with Gasteiger partial charge in [0.05, 0.1) is 24.9 Å². The quantitative estimate of drug-likeness (QED) is 0.363. The highest BCUT2D eigenvalue weighted by Crippen LogP contribution is 2.30. The molecular weight excluding hydrogens is 275 g/mol. The highest BCUT2D eigenvalue weighted by molar-refractivity contribution is 5.26. The van der Waals surface area contributed by atoms with E-state index in [0.717, 1.165) is 6.20 Å². The summed E-state index contributed by atoms with van der Waals surface area (Å²) in [5.74, 6) is -1.54. The third-order valence-electron chi connectivity index (χ3n) is 2.91. The van der Waals surface area contributed by atoms with Crippen molar-refractivity contribution in [3.05, 3.63) is 32.9 Å². The number of rotatable bonds is 3. The average Bonchev–Trinajstić information content (AvgIpc) is 2.72. The number of aliphatic hydroxyl groups is 2. The number of nitrogens with two attached hydrogens (primary N) is 1. The highest BCUT2D eigenvalue weighted by Gasteiger charge is 2.44. The van der Waals surface area contributed by atoms with Crippen molar-refractivity contribution in [3.63, 3.8) is 0 Å². The van der Waals surface area contributed by atoms with Crippen LogP contribution in [0.25, 0.3) is 10.4 Å². The number of hydrogen-bond donors (Lipinski definition) is 3. The van der Waals surface area contributed by atoms with Crippen LogP contribution in [0.5, 0.6) is 0 Å². The number of azide groups is 1. The van der Waals surface area contributed by atoms with Crippen molar-refractivity contribution in [1.29, 1.82) is 0 Å². The summed E-state index contributed by atoms with van der Waals surface area (Å²) in [7, 11) is 0. The Morgan fingerprint density at radius 3 is 3.00 bits per heavy atom. The summed E-state index contributed by atoms with van der Waals surface area (Å²) in [4.78, 5) is 17.4. The van der Waals surface area contributed by atoms with Crippen molar-refractivity contribution < 1.29 is 19.3 Å². The lowest BCUT2D eigenvalue weighted by Gasteiger charge is -2.17. The topological polar surface area (TPSA) is 159 Å². The minimum absolute atomic E-state index is 0.545. The van der Waals surface area contributed by atoms with Crippen LogP contribution in [-0.4, -0.2) is 44.6 Å². The van der Waals surface area contributed by atoms with E-state index in [0.29, 0.717) is 4.57 Å². The fourth-order valence-corrected chi connectivity index (χ4v) is 1.95. The Hall–Kier alpha value is -2.20. The van der Waals surface area contributed by atoms with Gasteiger partial charge >= 0.3 is 5.69 Å². The molecular formula is C9H11FN6O4. The van der Waals surface area contributed by atoms with Crippen LogP contribution in [0, 0.1) is 5.82 Å². The summed E-state index contributed by atoms with van der Waals surface area (Å²) in [5, 5.41) is 22.4. The van der Waals surface area contributed by atoms with Gasteiger partial charge in [-0.2, -0.15) is 4.98 Å². The maximum absolute atomic E-state index is 13.3. The molecule has 0 spiro atoms. The van der Waals surface area contributed by atoms with Crippen molar-refractivity contribution in [3.8, 4) is 0 Å². The molecule has 2 heterocycles. The van der Waals surface area contributed by atoms with E-state index in [4.69, 9.17) is 21.1 Å². The molecule has 2 rings (SSSR count). The number of halogens is 1. The fourth-order valence-electron chi connectivity index (χ4n) is 1.95. The summed E-state index contributed by atoms with van der Waals surface area (Å²) >= 11 is 0. The molecule has 0 saturated carbocycles. The Labute approximate surface area is 110 Å². The number of nitrogen functional groups attached to an aromatic ring is 1. The van der Waals surface area contributed by atoms with E-state index in [9.17, 15) is 14.3 Å². The molecule has 1 aliphatic heterocycles. The highest BCUT2D eigenvalue weighted by atomic mass is 19.1. The van der Waals surface area contributed by atoms with Crippen LogP contribution in [0.15, 0.2) is 16.1 Å². The average molecular weight is 286 g/mol. The second-order valence-corrected chi connectivity index (χ2v) is 4.10. The molecule has 0 aromatic carbocycles. The number of aliphatic hydroxyl groups excluding tert-OH is 2. The van der Waals surface area contributed by atoms with Crippen molar-refractivity contribution in [2.45, 2.75) is 24.5 Å². The van der Waals surface area contributed by atoms with Crippen LogP contribution < -0.4 is 11.4 Å². The first-order chi connectivity index (χ1) is 9.49. The molecule has 1 aliphatic rings. The van der Waals surface area contributed by atoms with Gasteiger partial charge in [-0.1, -0.05) is 5.11 Å². The molecule has 1 aromatic heterocycles. The molecule has 4 N–H and O–H groups in total. The zero-order valence-corrected chi connectivity index (χ0v) is 10.00. The van der Waals surface area contributed by atoms with Gasteiger partial charge in [-0.3, -0.25) is 4.57 Å². The van der Waals surface area contributed by atoms with Gasteiger partial charge in [-0.15, -0.1) is 0 Å². The standard InChI is InChI=1S/C9H11FN6O4/c10-3-1-16(9(19)13-7(3)11)8-6(18)5(14-15-12)4(2-17)20-8/h1,4-6,8,17-18H,2H2,(H2,11,13,19)/t4-,5-,6-,8-/m0/s1. The Morgan fingerprint density at radius 2 is 2.40 bits per heavy atom. The zero-order valence-electron chi connectivity index (χ0n) is 10.00. The molecule has 1 fully saturated rings. The molecule has 108 valence electrons. The van der Waals surface area contributed by atoms with Gasteiger partial charge in [-0.25, -0.2) is 9.18 Å². The number of hydrogen-bond acceptors (Lipinski definition) is 7. The molecule has 20 heavy (non-hydrogen) atoms. The van der Waals surface area contributed by atoms with Crippen molar-refractivity contribution in [2.24, 2.45) is 5.11 Å².